The molecule has 3 N–H and O–H groups in total. The topological polar surface area (TPSA) is 73.0 Å². The lowest BCUT2D eigenvalue weighted by Crippen LogP contribution is -2.46. The van der Waals surface area contributed by atoms with Gasteiger partial charge in [0.1, 0.15) is 11.6 Å². The van der Waals surface area contributed by atoms with Crippen molar-refractivity contribution in [3.8, 4) is 0 Å². The summed E-state index contributed by atoms with van der Waals surface area (Å²) in [7, 11) is 0. The molecule has 2 aliphatic heterocycles. The van der Waals surface area contributed by atoms with Crippen molar-refractivity contribution in [2.24, 2.45) is 5.92 Å². The number of nitrogens with one attached hydrogen (secondary N) is 3. The molecule has 1 amide bonds. The molecule has 0 bridgehead atoms. The molecule has 0 aliphatic carbocycles. The van der Waals surface area contributed by atoms with Crippen LogP contribution in [0, 0.1) is 11.7 Å². The highest BCUT2D eigenvalue weighted by Crippen LogP contribution is 2.32. The molecule has 7 heteroatoms. The third kappa shape index (κ3) is 3.21. The van der Waals surface area contributed by atoms with Crippen molar-refractivity contribution in [3.63, 3.8) is 0 Å². The molecule has 26 heavy (non-hydrogen) atoms. The number of carbonyl (C=O) groups is 1. The van der Waals surface area contributed by atoms with Gasteiger partial charge in [-0.05, 0) is 43.9 Å². The van der Waals surface area contributed by atoms with E-state index in [0.717, 1.165) is 50.0 Å². The summed E-state index contributed by atoms with van der Waals surface area (Å²) in [5, 5.41) is 0. The van der Waals surface area contributed by atoms with Crippen molar-refractivity contribution in [2.75, 3.05) is 13.1 Å². The number of halogens is 1. The maximum Gasteiger partial charge on any atom is 0.229 e. The van der Waals surface area contributed by atoms with Crippen molar-refractivity contribution in [3.05, 3.63) is 29.8 Å². The van der Waals surface area contributed by atoms with Gasteiger partial charge in [-0.1, -0.05) is 13.3 Å². The van der Waals surface area contributed by atoms with Crippen molar-refractivity contribution in [1.29, 1.82) is 0 Å². The summed E-state index contributed by atoms with van der Waals surface area (Å²) < 4.78 is 13.5. The first-order valence-electron chi connectivity index (χ1n) is 9.61. The Hall–Kier alpha value is -1.99. The standard InChI is InChI=1S/C19H26FN5O/c1-2-5-14-13(11-21-24-14)19(26)25-9-4-3-6-17(25)18-22-15-8-7-12(20)10-16(15)23-18/h7-8,10,13-14,17,21,24H,2-6,9,11H2,1H3,(H,22,23). The number of hydrogen-bond acceptors (Lipinski definition) is 4. The zero-order valence-electron chi connectivity index (χ0n) is 15.1. The van der Waals surface area contributed by atoms with Crippen LogP contribution in [0.3, 0.4) is 0 Å². The molecule has 2 aliphatic rings. The number of nitrogens with zero attached hydrogens (tertiary/aromatic N) is 2. The van der Waals surface area contributed by atoms with E-state index in [1.54, 1.807) is 6.07 Å². The number of imidazole rings is 1. The second-order valence-electron chi connectivity index (χ2n) is 7.35. The number of hydrazine groups is 1. The van der Waals surface area contributed by atoms with E-state index in [4.69, 9.17) is 0 Å². The van der Waals surface area contributed by atoms with Crippen molar-refractivity contribution in [1.82, 2.24) is 25.7 Å². The highest BCUT2D eigenvalue weighted by molar-refractivity contribution is 5.81. The Bertz CT molecular complexity index is 791. The molecule has 0 spiro atoms. The lowest BCUT2D eigenvalue weighted by Gasteiger charge is -2.37. The predicted molar refractivity (Wildman–Crippen MR) is 97.7 cm³/mol. The average Bonchev–Trinajstić information content (AvgIpc) is 3.28. The van der Waals surface area contributed by atoms with Gasteiger partial charge in [0.25, 0.3) is 0 Å². The number of aromatic nitrogens is 2. The lowest BCUT2D eigenvalue weighted by atomic mass is 9.93. The Morgan fingerprint density at radius 3 is 3.12 bits per heavy atom. The SMILES string of the molecule is CCCC1NNCC1C(=O)N1CCCCC1c1nc2ccc(F)cc2[nH]1. The highest BCUT2D eigenvalue weighted by Gasteiger charge is 2.39. The summed E-state index contributed by atoms with van der Waals surface area (Å²) in [5.74, 6) is 0.633. The molecular formula is C19H26FN5O. The van der Waals surface area contributed by atoms with E-state index in [2.05, 4.69) is 27.7 Å². The molecular weight excluding hydrogens is 333 g/mol. The Kier molecular flexibility index (Phi) is 4.91. The summed E-state index contributed by atoms with van der Waals surface area (Å²) in [6.45, 7) is 3.56. The van der Waals surface area contributed by atoms with Gasteiger partial charge in [0.2, 0.25) is 5.91 Å². The first kappa shape index (κ1) is 17.4. The monoisotopic (exact) mass is 359 g/mol. The van der Waals surface area contributed by atoms with Gasteiger partial charge in [-0.3, -0.25) is 15.6 Å². The van der Waals surface area contributed by atoms with Crippen LogP contribution in [-0.4, -0.2) is 39.9 Å². The van der Waals surface area contributed by atoms with Gasteiger partial charge in [-0.25, -0.2) is 9.37 Å². The summed E-state index contributed by atoms with van der Waals surface area (Å²) in [6.07, 6.45) is 5.00. The number of likely N-dealkylation sites (tertiary alicyclic amines) is 1. The molecule has 1 aromatic heterocycles. The van der Waals surface area contributed by atoms with Crippen LogP contribution in [-0.2, 0) is 4.79 Å². The number of piperidine rings is 1. The van der Waals surface area contributed by atoms with Crippen LogP contribution in [0.5, 0.6) is 0 Å². The first-order chi connectivity index (χ1) is 12.7. The fraction of sp³-hybridized carbons (Fsp3) is 0.579. The van der Waals surface area contributed by atoms with E-state index in [1.165, 1.54) is 12.1 Å². The quantitative estimate of drug-likeness (QED) is 0.785. The van der Waals surface area contributed by atoms with Crippen LogP contribution >= 0.6 is 0 Å². The molecule has 3 heterocycles. The predicted octanol–water partition coefficient (Wildman–Crippen LogP) is 2.65. The average molecular weight is 359 g/mol. The summed E-state index contributed by atoms with van der Waals surface area (Å²) in [4.78, 5) is 23.2. The maximum absolute atomic E-state index is 13.5. The van der Waals surface area contributed by atoms with Gasteiger partial charge in [0.05, 0.1) is 23.0 Å². The van der Waals surface area contributed by atoms with E-state index in [9.17, 15) is 9.18 Å². The van der Waals surface area contributed by atoms with Gasteiger partial charge in [0.15, 0.2) is 0 Å². The van der Waals surface area contributed by atoms with Crippen LogP contribution in [0.2, 0.25) is 0 Å². The Balaban J connectivity index is 1.60. The normalized spacial score (nSPS) is 26.5. The van der Waals surface area contributed by atoms with Crippen molar-refractivity contribution in [2.45, 2.75) is 51.1 Å². The Morgan fingerprint density at radius 2 is 2.27 bits per heavy atom. The number of aromatic amines is 1. The number of carbonyl (C=O) groups excluding carboxylic acids is 1. The number of fused-ring (bicyclic) bond motifs is 1. The molecule has 0 saturated carbocycles. The fourth-order valence-electron chi connectivity index (χ4n) is 4.24. The molecule has 2 fully saturated rings. The van der Waals surface area contributed by atoms with Gasteiger partial charge in [-0.15, -0.1) is 0 Å². The highest BCUT2D eigenvalue weighted by atomic mass is 19.1. The van der Waals surface area contributed by atoms with E-state index >= 15 is 0 Å². The molecule has 140 valence electrons. The smallest absolute Gasteiger partial charge is 0.229 e. The number of hydrogen-bond donors (Lipinski definition) is 3. The molecule has 1 aromatic carbocycles. The summed E-state index contributed by atoms with van der Waals surface area (Å²) in [6, 6.07) is 4.68. The summed E-state index contributed by atoms with van der Waals surface area (Å²) >= 11 is 0. The molecule has 4 rings (SSSR count). The van der Waals surface area contributed by atoms with E-state index < -0.39 is 0 Å². The number of H-pyrrole nitrogens is 1. The van der Waals surface area contributed by atoms with E-state index in [-0.39, 0.29) is 29.7 Å². The van der Waals surface area contributed by atoms with Crippen LogP contribution < -0.4 is 10.9 Å². The minimum absolute atomic E-state index is 0.0441. The zero-order chi connectivity index (χ0) is 18.1. The molecule has 0 radical (unpaired) electrons. The van der Waals surface area contributed by atoms with Crippen LogP contribution in [0.1, 0.15) is 50.9 Å². The third-order valence-corrected chi connectivity index (χ3v) is 5.58. The fourth-order valence-corrected chi connectivity index (χ4v) is 4.24. The minimum atomic E-state index is -0.283. The molecule has 3 unspecified atom stereocenters. The minimum Gasteiger partial charge on any atom is -0.340 e. The van der Waals surface area contributed by atoms with Gasteiger partial charge in [-0.2, -0.15) is 0 Å². The van der Waals surface area contributed by atoms with Crippen molar-refractivity contribution < 1.29 is 9.18 Å². The van der Waals surface area contributed by atoms with Gasteiger partial charge >= 0.3 is 0 Å². The molecule has 3 atom stereocenters. The van der Waals surface area contributed by atoms with Gasteiger partial charge < -0.3 is 9.88 Å². The van der Waals surface area contributed by atoms with Crippen LogP contribution in [0.15, 0.2) is 18.2 Å². The van der Waals surface area contributed by atoms with Gasteiger partial charge in [0, 0.05) is 19.1 Å². The maximum atomic E-state index is 13.5. The third-order valence-electron chi connectivity index (χ3n) is 5.58. The Labute approximate surface area is 152 Å². The van der Waals surface area contributed by atoms with E-state index in [0.29, 0.717) is 12.1 Å². The van der Waals surface area contributed by atoms with Crippen molar-refractivity contribution >= 4 is 16.9 Å². The second-order valence-corrected chi connectivity index (χ2v) is 7.35. The second kappa shape index (κ2) is 7.32. The zero-order valence-corrected chi connectivity index (χ0v) is 15.1. The number of amides is 1. The number of benzene rings is 1. The van der Waals surface area contributed by atoms with E-state index in [1.807, 2.05) is 4.90 Å². The number of rotatable bonds is 4. The molecule has 2 aromatic rings. The van der Waals surface area contributed by atoms with Crippen LogP contribution in [0.25, 0.3) is 11.0 Å². The molecule has 6 nitrogen and oxygen atoms in total. The summed E-state index contributed by atoms with van der Waals surface area (Å²) in [5.41, 5.74) is 7.82. The Morgan fingerprint density at radius 1 is 1.38 bits per heavy atom. The molecule has 2 saturated heterocycles. The lowest BCUT2D eigenvalue weighted by molar-refractivity contribution is -0.139. The van der Waals surface area contributed by atoms with Crippen LogP contribution in [0.4, 0.5) is 4.39 Å². The largest absolute Gasteiger partial charge is 0.340 e. The first-order valence-corrected chi connectivity index (χ1v) is 9.61.